The number of furan rings is 1. The monoisotopic (exact) mass is 258 g/mol. The van der Waals surface area contributed by atoms with E-state index in [0.29, 0.717) is 18.0 Å². The third kappa shape index (κ3) is 3.16. The van der Waals surface area contributed by atoms with Gasteiger partial charge in [-0.25, -0.2) is 0 Å². The maximum atomic E-state index is 12.3. The lowest BCUT2D eigenvalue weighted by Crippen LogP contribution is -2.36. The third-order valence-electron chi connectivity index (χ3n) is 2.92. The zero-order valence-corrected chi connectivity index (χ0v) is 11.2. The fourth-order valence-corrected chi connectivity index (χ4v) is 1.92. The van der Waals surface area contributed by atoms with Crippen molar-refractivity contribution >= 4 is 11.6 Å². The first-order valence-electron chi connectivity index (χ1n) is 6.27. The molecular formula is C15H18N2O2. The number of nitrogen functional groups attached to an aromatic ring is 1. The van der Waals surface area contributed by atoms with Crippen molar-refractivity contribution in [3.05, 3.63) is 54.0 Å². The molecule has 0 radical (unpaired) electrons. The van der Waals surface area contributed by atoms with Crippen LogP contribution in [0.25, 0.3) is 0 Å². The maximum Gasteiger partial charge on any atom is 0.290 e. The standard InChI is InChI=1S/C15H18N2O2/c1-11(2)17(15(18)14-7-4-8-19-14)10-12-5-3-6-13(16)9-12/h3-9,11H,10,16H2,1-2H3. The van der Waals surface area contributed by atoms with Crippen molar-refractivity contribution in [2.75, 3.05) is 5.73 Å². The number of nitrogens with two attached hydrogens (primary N) is 1. The van der Waals surface area contributed by atoms with Gasteiger partial charge < -0.3 is 15.1 Å². The molecule has 1 heterocycles. The highest BCUT2D eigenvalue weighted by Gasteiger charge is 2.21. The van der Waals surface area contributed by atoms with Gasteiger partial charge in [0.1, 0.15) is 0 Å². The van der Waals surface area contributed by atoms with Crippen LogP contribution in [0.1, 0.15) is 30.0 Å². The average molecular weight is 258 g/mol. The SMILES string of the molecule is CC(C)N(Cc1cccc(N)c1)C(=O)c1ccco1. The molecule has 0 spiro atoms. The van der Waals surface area contributed by atoms with Crippen molar-refractivity contribution in [2.24, 2.45) is 0 Å². The van der Waals surface area contributed by atoms with E-state index in [-0.39, 0.29) is 11.9 Å². The molecule has 2 aromatic rings. The lowest BCUT2D eigenvalue weighted by molar-refractivity contribution is 0.0657. The Morgan fingerprint density at radius 3 is 2.68 bits per heavy atom. The zero-order valence-electron chi connectivity index (χ0n) is 11.2. The van der Waals surface area contributed by atoms with Gasteiger partial charge in [-0.1, -0.05) is 12.1 Å². The largest absolute Gasteiger partial charge is 0.459 e. The molecule has 0 bridgehead atoms. The minimum Gasteiger partial charge on any atom is -0.459 e. The number of carbonyl (C=O) groups excluding carboxylic acids is 1. The van der Waals surface area contributed by atoms with Crippen molar-refractivity contribution in [3.8, 4) is 0 Å². The maximum absolute atomic E-state index is 12.3. The van der Waals surface area contributed by atoms with Crippen LogP contribution in [0.3, 0.4) is 0 Å². The van der Waals surface area contributed by atoms with E-state index in [4.69, 9.17) is 10.2 Å². The Kier molecular flexibility index (Phi) is 3.90. The Balaban J connectivity index is 2.19. The molecule has 2 rings (SSSR count). The van der Waals surface area contributed by atoms with Gasteiger partial charge in [-0.2, -0.15) is 0 Å². The number of benzene rings is 1. The van der Waals surface area contributed by atoms with Crippen molar-refractivity contribution < 1.29 is 9.21 Å². The summed E-state index contributed by atoms with van der Waals surface area (Å²) in [5, 5.41) is 0. The molecule has 0 aliphatic rings. The van der Waals surface area contributed by atoms with E-state index >= 15 is 0 Å². The highest BCUT2D eigenvalue weighted by atomic mass is 16.3. The van der Waals surface area contributed by atoms with Gasteiger partial charge in [0.2, 0.25) is 0 Å². The van der Waals surface area contributed by atoms with Crippen LogP contribution < -0.4 is 5.73 Å². The average Bonchev–Trinajstić information content (AvgIpc) is 2.88. The molecule has 0 fully saturated rings. The summed E-state index contributed by atoms with van der Waals surface area (Å²) < 4.78 is 5.17. The van der Waals surface area contributed by atoms with E-state index in [2.05, 4.69) is 0 Å². The highest BCUT2D eigenvalue weighted by Crippen LogP contribution is 2.15. The second-order valence-corrected chi connectivity index (χ2v) is 4.75. The number of carbonyl (C=O) groups is 1. The van der Waals surface area contributed by atoms with Crippen LogP contribution in [0.4, 0.5) is 5.69 Å². The summed E-state index contributed by atoms with van der Waals surface area (Å²) in [6.45, 7) is 4.47. The number of rotatable bonds is 4. The Labute approximate surface area is 112 Å². The van der Waals surface area contributed by atoms with Gasteiger partial charge in [-0.3, -0.25) is 4.79 Å². The van der Waals surface area contributed by atoms with Crippen LogP contribution in [0, 0.1) is 0 Å². The summed E-state index contributed by atoms with van der Waals surface area (Å²) in [4.78, 5) is 14.1. The summed E-state index contributed by atoms with van der Waals surface area (Å²) >= 11 is 0. The second kappa shape index (κ2) is 5.61. The molecule has 0 aliphatic heterocycles. The summed E-state index contributed by atoms with van der Waals surface area (Å²) in [6, 6.07) is 11.0. The second-order valence-electron chi connectivity index (χ2n) is 4.75. The molecule has 19 heavy (non-hydrogen) atoms. The summed E-state index contributed by atoms with van der Waals surface area (Å²) in [5.74, 6) is 0.250. The molecule has 1 aromatic heterocycles. The van der Waals surface area contributed by atoms with Crippen molar-refractivity contribution in [1.29, 1.82) is 0 Å². The first kappa shape index (κ1) is 13.2. The summed E-state index contributed by atoms with van der Waals surface area (Å²) in [5.41, 5.74) is 7.47. The molecule has 1 amide bonds. The van der Waals surface area contributed by atoms with E-state index in [9.17, 15) is 4.79 Å². The minimum atomic E-state index is -0.109. The van der Waals surface area contributed by atoms with E-state index in [0.717, 1.165) is 5.56 Å². The molecule has 0 saturated heterocycles. The highest BCUT2D eigenvalue weighted by molar-refractivity contribution is 5.91. The van der Waals surface area contributed by atoms with Gasteiger partial charge >= 0.3 is 0 Å². The number of amides is 1. The summed E-state index contributed by atoms with van der Waals surface area (Å²) in [7, 11) is 0. The molecule has 2 N–H and O–H groups in total. The number of anilines is 1. The molecule has 4 heteroatoms. The lowest BCUT2D eigenvalue weighted by atomic mass is 10.1. The van der Waals surface area contributed by atoms with Crippen LogP contribution in [0.15, 0.2) is 47.1 Å². The van der Waals surface area contributed by atoms with Gasteiger partial charge in [0.15, 0.2) is 5.76 Å². The number of hydrogen-bond acceptors (Lipinski definition) is 3. The van der Waals surface area contributed by atoms with Crippen molar-refractivity contribution in [3.63, 3.8) is 0 Å². The Bertz CT molecular complexity index is 547. The third-order valence-corrected chi connectivity index (χ3v) is 2.92. The molecule has 0 atom stereocenters. The number of nitrogens with zero attached hydrogens (tertiary/aromatic N) is 1. The Morgan fingerprint density at radius 2 is 2.11 bits per heavy atom. The van der Waals surface area contributed by atoms with Gasteiger partial charge in [-0.05, 0) is 43.7 Å². The molecular weight excluding hydrogens is 240 g/mol. The quantitative estimate of drug-likeness (QED) is 0.858. The van der Waals surface area contributed by atoms with Gasteiger partial charge in [0, 0.05) is 18.3 Å². The molecule has 0 saturated carbocycles. The predicted octanol–water partition coefficient (Wildman–Crippen LogP) is 2.91. The van der Waals surface area contributed by atoms with Gasteiger partial charge in [0.25, 0.3) is 5.91 Å². The van der Waals surface area contributed by atoms with E-state index in [1.165, 1.54) is 6.26 Å². The first-order chi connectivity index (χ1) is 9.08. The van der Waals surface area contributed by atoms with Crippen molar-refractivity contribution in [2.45, 2.75) is 26.4 Å². The van der Waals surface area contributed by atoms with Crippen LogP contribution in [-0.4, -0.2) is 16.8 Å². The topological polar surface area (TPSA) is 59.5 Å². The van der Waals surface area contributed by atoms with Crippen LogP contribution in [0.2, 0.25) is 0 Å². The molecule has 100 valence electrons. The number of hydrogen-bond donors (Lipinski definition) is 1. The van der Waals surface area contributed by atoms with E-state index < -0.39 is 0 Å². The Morgan fingerprint density at radius 1 is 1.32 bits per heavy atom. The van der Waals surface area contributed by atoms with Crippen LogP contribution in [-0.2, 0) is 6.54 Å². The molecule has 1 aromatic carbocycles. The minimum absolute atomic E-state index is 0.0824. The molecule has 4 nitrogen and oxygen atoms in total. The fraction of sp³-hybridized carbons (Fsp3) is 0.267. The summed E-state index contributed by atoms with van der Waals surface area (Å²) in [6.07, 6.45) is 1.51. The zero-order chi connectivity index (χ0) is 13.8. The smallest absolute Gasteiger partial charge is 0.290 e. The molecule has 0 aliphatic carbocycles. The van der Waals surface area contributed by atoms with Crippen molar-refractivity contribution in [1.82, 2.24) is 4.90 Å². The van der Waals surface area contributed by atoms with Gasteiger partial charge in [0.05, 0.1) is 6.26 Å². The Hall–Kier alpha value is -2.23. The molecule has 0 unspecified atom stereocenters. The lowest BCUT2D eigenvalue weighted by Gasteiger charge is -2.26. The predicted molar refractivity (Wildman–Crippen MR) is 74.6 cm³/mol. The normalized spacial score (nSPS) is 10.7. The van der Waals surface area contributed by atoms with Gasteiger partial charge in [-0.15, -0.1) is 0 Å². The van der Waals surface area contributed by atoms with E-state index in [1.807, 2.05) is 38.1 Å². The van der Waals surface area contributed by atoms with E-state index in [1.54, 1.807) is 17.0 Å². The first-order valence-corrected chi connectivity index (χ1v) is 6.27. The van der Waals surface area contributed by atoms with Crippen LogP contribution >= 0.6 is 0 Å². The fourth-order valence-electron chi connectivity index (χ4n) is 1.92. The van der Waals surface area contributed by atoms with Crippen LogP contribution in [0.5, 0.6) is 0 Å².